The van der Waals surface area contributed by atoms with Crippen LogP contribution in [-0.2, 0) is 9.53 Å². The lowest BCUT2D eigenvalue weighted by molar-refractivity contribution is -0.140. The topological polar surface area (TPSA) is 72.3 Å². The summed E-state index contributed by atoms with van der Waals surface area (Å²) >= 11 is 1.09. The molecule has 3 aromatic rings. The van der Waals surface area contributed by atoms with Crippen LogP contribution in [0, 0.1) is 0 Å². The van der Waals surface area contributed by atoms with Crippen LogP contribution in [0.4, 0.5) is 0 Å². The SMILES string of the molecule is COC(=O)CC(c1ccccc1)c1c(O)ccc2nsnc12. The third-order valence-corrected chi connectivity index (χ3v) is 4.14. The highest BCUT2D eigenvalue weighted by molar-refractivity contribution is 7.00. The molecule has 112 valence electrons. The van der Waals surface area contributed by atoms with Gasteiger partial charge < -0.3 is 9.84 Å². The van der Waals surface area contributed by atoms with Gasteiger partial charge in [-0.3, -0.25) is 4.79 Å². The molecule has 22 heavy (non-hydrogen) atoms. The summed E-state index contributed by atoms with van der Waals surface area (Å²) in [5.41, 5.74) is 2.87. The molecular formula is C16H14N2O3S. The van der Waals surface area contributed by atoms with Crippen LogP contribution in [0.2, 0.25) is 0 Å². The van der Waals surface area contributed by atoms with Gasteiger partial charge in [0, 0.05) is 11.5 Å². The lowest BCUT2D eigenvalue weighted by atomic mass is 9.87. The second-order valence-corrected chi connectivity index (χ2v) is 5.40. The monoisotopic (exact) mass is 314 g/mol. The first-order valence-corrected chi connectivity index (χ1v) is 7.49. The molecule has 0 saturated carbocycles. The van der Waals surface area contributed by atoms with Gasteiger partial charge in [0.15, 0.2) is 0 Å². The van der Waals surface area contributed by atoms with E-state index in [9.17, 15) is 9.90 Å². The van der Waals surface area contributed by atoms with Crippen molar-refractivity contribution in [2.45, 2.75) is 12.3 Å². The van der Waals surface area contributed by atoms with Crippen molar-refractivity contribution in [2.24, 2.45) is 0 Å². The number of phenols is 1. The molecule has 3 rings (SSSR count). The third-order valence-electron chi connectivity index (χ3n) is 3.59. The Bertz CT molecular complexity index is 802. The van der Waals surface area contributed by atoms with Gasteiger partial charge in [-0.25, -0.2) is 0 Å². The number of carbonyl (C=O) groups is 1. The molecule has 0 aliphatic carbocycles. The Balaban J connectivity index is 2.17. The smallest absolute Gasteiger partial charge is 0.306 e. The molecule has 0 aliphatic heterocycles. The summed E-state index contributed by atoms with van der Waals surface area (Å²) in [6, 6.07) is 12.9. The molecule has 0 spiro atoms. The van der Waals surface area contributed by atoms with Gasteiger partial charge >= 0.3 is 5.97 Å². The summed E-state index contributed by atoms with van der Waals surface area (Å²) < 4.78 is 13.3. The largest absolute Gasteiger partial charge is 0.508 e. The summed E-state index contributed by atoms with van der Waals surface area (Å²) in [5, 5.41) is 10.3. The number of nitrogens with zero attached hydrogens (tertiary/aromatic N) is 2. The van der Waals surface area contributed by atoms with Crippen molar-refractivity contribution >= 4 is 28.7 Å². The van der Waals surface area contributed by atoms with Crippen LogP contribution < -0.4 is 0 Å². The highest BCUT2D eigenvalue weighted by atomic mass is 32.1. The number of hydrogen-bond acceptors (Lipinski definition) is 6. The number of fused-ring (bicyclic) bond motifs is 1. The van der Waals surface area contributed by atoms with Crippen LogP contribution in [0.25, 0.3) is 11.0 Å². The Labute approximate surface area is 131 Å². The van der Waals surface area contributed by atoms with E-state index in [4.69, 9.17) is 4.74 Å². The van der Waals surface area contributed by atoms with Gasteiger partial charge in [0.05, 0.1) is 25.3 Å². The van der Waals surface area contributed by atoms with Gasteiger partial charge in [-0.2, -0.15) is 8.75 Å². The first kappa shape index (κ1) is 14.5. The van der Waals surface area contributed by atoms with Crippen molar-refractivity contribution in [1.29, 1.82) is 0 Å². The zero-order valence-corrected chi connectivity index (χ0v) is 12.7. The molecular weight excluding hydrogens is 300 g/mol. The number of methoxy groups -OCH3 is 1. The van der Waals surface area contributed by atoms with Crippen molar-refractivity contribution in [3.05, 3.63) is 53.6 Å². The van der Waals surface area contributed by atoms with Gasteiger partial charge in [-0.1, -0.05) is 30.3 Å². The quantitative estimate of drug-likeness (QED) is 0.749. The lowest BCUT2D eigenvalue weighted by Crippen LogP contribution is -2.11. The van der Waals surface area contributed by atoms with Crippen molar-refractivity contribution in [3.8, 4) is 5.75 Å². The Hall–Kier alpha value is -2.47. The second kappa shape index (κ2) is 6.11. The minimum atomic E-state index is -0.339. The number of carbonyl (C=O) groups excluding carboxylic acids is 1. The predicted molar refractivity (Wildman–Crippen MR) is 84.0 cm³/mol. The zero-order valence-electron chi connectivity index (χ0n) is 11.9. The van der Waals surface area contributed by atoms with Gasteiger partial charge in [-0.05, 0) is 17.7 Å². The summed E-state index contributed by atoms with van der Waals surface area (Å²) in [6.07, 6.45) is 0.130. The maximum absolute atomic E-state index is 11.8. The molecule has 5 nitrogen and oxygen atoms in total. The summed E-state index contributed by atoms with van der Waals surface area (Å²) in [7, 11) is 1.36. The molecule has 1 N–H and O–H groups in total. The highest BCUT2D eigenvalue weighted by Gasteiger charge is 2.25. The highest BCUT2D eigenvalue weighted by Crippen LogP contribution is 2.38. The number of aromatic hydroxyl groups is 1. The molecule has 1 aromatic heterocycles. The van der Waals surface area contributed by atoms with E-state index in [-0.39, 0.29) is 24.1 Å². The molecule has 0 aliphatic rings. The van der Waals surface area contributed by atoms with Crippen LogP contribution in [0.3, 0.4) is 0 Å². The van der Waals surface area contributed by atoms with Crippen LogP contribution in [-0.4, -0.2) is 26.9 Å². The first-order valence-electron chi connectivity index (χ1n) is 6.76. The molecule has 0 radical (unpaired) electrons. The van der Waals surface area contributed by atoms with E-state index >= 15 is 0 Å². The van der Waals surface area contributed by atoms with Crippen LogP contribution >= 0.6 is 11.7 Å². The molecule has 0 amide bonds. The predicted octanol–water partition coefficient (Wildman–Crippen LogP) is 3.09. The van der Waals surface area contributed by atoms with E-state index in [0.717, 1.165) is 17.3 Å². The van der Waals surface area contributed by atoms with E-state index in [1.165, 1.54) is 7.11 Å². The summed E-state index contributed by atoms with van der Waals surface area (Å²) in [5.74, 6) is -0.562. The fourth-order valence-electron chi connectivity index (χ4n) is 2.53. The third kappa shape index (κ3) is 2.65. The minimum Gasteiger partial charge on any atom is -0.508 e. The number of phenolic OH excluding ortho intramolecular Hbond substituents is 1. The number of ether oxygens (including phenoxy) is 1. The number of esters is 1. The standard InChI is InChI=1S/C16H14N2O3S/c1-21-14(20)9-11(10-5-3-2-4-6-10)15-13(19)8-7-12-16(15)18-22-17-12/h2-8,11,19H,9H2,1H3. The zero-order chi connectivity index (χ0) is 15.5. The minimum absolute atomic E-state index is 0.109. The van der Waals surface area contributed by atoms with E-state index in [1.807, 2.05) is 30.3 Å². The van der Waals surface area contributed by atoms with Gasteiger partial charge in [0.25, 0.3) is 0 Å². The van der Waals surface area contributed by atoms with E-state index < -0.39 is 0 Å². The number of aromatic nitrogens is 2. The maximum atomic E-state index is 11.8. The Morgan fingerprint density at radius 1 is 1.23 bits per heavy atom. The Kier molecular flexibility index (Phi) is 4.02. The maximum Gasteiger partial charge on any atom is 0.306 e. The number of rotatable bonds is 4. The average Bonchev–Trinajstić information content (AvgIpc) is 3.02. The average molecular weight is 314 g/mol. The molecule has 2 aromatic carbocycles. The lowest BCUT2D eigenvalue weighted by Gasteiger charge is -2.18. The van der Waals surface area contributed by atoms with Gasteiger partial charge in [-0.15, -0.1) is 0 Å². The van der Waals surface area contributed by atoms with Crippen molar-refractivity contribution in [3.63, 3.8) is 0 Å². The van der Waals surface area contributed by atoms with Crippen molar-refractivity contribution in [1.82, 2.24) is 8.75 Å². The molecule has 1 atom stereocenters. The summed E-state index contributed by atoms with van der Waals surface area (Å²) in [6.45, 7) is 0. The molecule has 0 fully saturated rings. The number of benzene rings is 2. The van der Waals surface area contributed by atoms with E-state index in [2.05, 4.69) is 8.75 Å². The van der Waals surface area contributed by atoms with Gasteiger partial charge in [0.1, 0.15) is 16.8 Å². The van der Waals surface area contributed by atoms with Crippen LogP contribution in [0.1, 0.15) is 23.5 Å². The van der Waals surface area contributed by atoms with E-state index in [1.54, 1.807) is 12.1 Å². The Morgan fingerprint density at radius 2 is 2.00 bits per heavy atom. The van der Waals surface area contributed by atoms with Gasteiger partial charge in [0.2, 0.25) is 0 Å². The number of hydrogen-bond donors (Lipinski definition) is 1. The molecule has 6 heteroatoms. The normalized spacial score (nSPS) is 12.2. The fourth-order valence-corrected chi connectivity index (χ4v) is 3.08. The first-order chi connectivity index (χ1) is 10.7. The molecule has 0 bridgehead atoms. The Morgan fingerprint density at radius 3 is 2.73 bits per heavy atom. The molecule has 1 unspecified atom stereocenters. The molecule has 0 saturated heterocycles. The van der Waals surface area contributed by atoms with Crippen LogP contribution in [0.15, 0.2) is 42.5 Å². The molecule has 1 heterocycles. The second-order valence-electron chi connectivity index (χ2n) is 4.87. The van der Waals surface area contributed by atoms with E-state index in [0.29, 0.717) is 16.6 Å². The van der Waals surface area contributed by atoms with Crippen molar-refractivity contribution < 1.29 is 14.6 Å². The van der Waals surface area contributed by atoms with Crippen molar-refractivity contribution in [2.75, 3.05) is 7.11 Å². The fraction of sp³-hybridized carbons (Fsp3) is 0.188. The summed E-state index contributed by atoms with van der Waals surface area (Å²) in [4.78, 5) is 11.8. The van der Waals surface area contributed by atoms with Crippen LogP contribution in [0.5, 0.6) is 5.75 Å².